The first-order chi connectivity index (χ1) is 10.2. The summed E-state index contributed by atoms with van der Waals surface area (Å²) in [6.07, 6.45) is 2.79. The Labute approximate surface area is 127 Å². The topological polar surface area (TPSA) is 23.5 Å². The van der Waals surface area contributed by atoms with Gasteiger partial charge < -0.3 is 10.0 Å². The van der Waals surface area contributed by atoms with Crippen LogP contribution >= 0.6 is 0 Å². The highest BCUT2D eigenvalue weighted by Gasteiger charge is 2.17. The lowest BCUT2D eigenvalue weighted by atomic mass is 9.94. The quantitative estimate of drug-likeness (QED) is 0.927. The van der Waals surface area contributed by atoms with E-state index in [1.165, 1.54) is 23.2 Å². The van der Waals surface area contributed by atoms with Gasteiger partial charge in [0.05, 0.1) is 0 Å². The molecule has 1 aliphatic rings. The second-order valence-electron chi connectivity index (χ2n) is 5.91. The van der Waals surface area contributed by atoms with E-state index in [-0.39, 0.29) is 0 Å². The van der Waals surface area contributed by atoms with Crippen LogP contribution in [0.5, 0.6) is 0 Å². The number of hydrogen-bond donors (Lipinski definition) is 1. The summed E-state index contributed by atoms with van der Waals surface area (Å²) in [6.45, 7) is 3.26. The number of nitrogens with zero attached hydrogens (tertiary/aromatic N) is 1. The third-order valence-electron chi connectivity index (χ3n) is 4.47. The number of aryl methyl sites for hydroxylation is 2. The highest BCUT2D eigenvalue weighted by atomic mass is 16.3. The summed E-state index contributed by atoms with van der Waals surface area (Å²) in [5.74, 6) is 0. The molecule has 2 heteroatoms. The smallest absolute Gasteiger partial charge is 0.104 e. The van der Waals surface area contributed by atoms with Gasteiger partial charge in [-0.25, -0.2) is 0 Å². The second-order valence-corrected chi connectivity index (χ2v) is 5.91. The predicted molar refractivity (Wildman–Crippen MR) is 87.9 cm³/mol. The molecule has 1 aliphatic heterocycles. The zero-order valence-electron chi connectivity index (χ0n) is 12.8. The van der Waals surface area contributed by atoms with Crippen LogP contribution in [0.15, 0.2) is 42.5 Å². The van der Waals surface area contributed by atoms with E-state index in [1.807, 2.05) is 12.1 Å². The maximum atomic E-state index is 10.6. The minimum absolute atomic E-state index is 0.534. The molecule has 0 spiro atoms. The molecule has 0 bridgehead atoms. The molecule has 1 heterocycles. The Morgan fingerprint density at radius 2 is 1.81 bits per heavy atom. The van der Waals surface area contributed by atoms with E-state index in [4.69, 9.17) is 0 Å². The van der Waals surface area contributed by atoms with Crippen LogP contribution in [0.3, 0.4) is 0 Å². The number of rotatable bonds is 3. The first-order valence-corrected chi connectivity index (χ1v) is 7.80. The Bertz CT molecular complexity index is 618. The second kappa shape index (κ2) is 5.90. The zero-order chi connectivity index (χ0) is 14.8. The molecule has 0 fully saturated rings. The molecule has 0 aromatic heterocycles. The molecule has 0 amide bonds. The molecule has 2 nitrogen and oxygen atoms in total. The van der Waals surface area contributed by atoms with Gasteiger partial charge in [0.2, 0.25) is 0 Å². The van der Waals surface area contributed by atoms with Crippen molar-refractivity contribution in [1.29, 1.82) is 0 Å². The Morgan fingerprint density at radius 1 is 1.10 bits per heavy atom. The van der Waals surface area contributed by atoms with Gasteiger partial charge in [-0.1, -0.05) is 43.3 Å². The molecular weight excluding hydrogens is 258 g/mol. The Morgan fingerprint density at radius 3 is 2.52 bits per heavy atom. The monoisotopic (exact) mass is 281 g/mol. The number of anilines is 1. The molecule has 1 atom stereocenters. The SMILES string of the molecule is CCc1ccc(C(O)c2ccc3c(c2)CCCN3C)cc1. The summed E-state index contributed by atoms with van der Waals surface area (Å²) < 4.78 is 0. The molecule has 1 N–H and O–H groups in total. The lowest BCUT2D eigenvalue weighted by molar-refractivity contribution is 0.220. The van der Waals surface area contributed by atoms with Gasteiger partial charge in [0.15, 0.2) is 0 Å². The summed E-state index contributed by atoms with van der Waals surface area (Å²) >= 11 is 0. The average Bonchev–Trinajstić information content (AvgIpc) is 2.54. The normalized spacial score (nSPS) is 15.7. The van der Waals surface area contributed by atoms with Crippen LogP contribution in [0.4, 0.5) is 5.69 Å². The first-order valence-electron chi connectivity index (χ1n) is 7.80. The number of aliphatic hydroxyl groups is 1. The molecule has 2 aromatic rings. The van der Waals surface area contributed by atoms with Crippen LogP contribution in [0.1, 0.15) is 41.7 Å². The van der Waals surface area contributed by atoms with Crippen LogP contribution < -0.4 is 4.90 Å². The fraction of sp³-hybridized carbons (Fsp3) is 0.368. The Hall–Kier alpha value is -1.80. The summed E-state index contributed by atoms with van der Waals surface area (Å²) in [5.41, 5.74) is 5.92. The van der Waals surface area contributed by atoms with Gasteiger partial charge in [-0.2, -0.15) is 0 Å². The standard InChI is InChI=1S/C19H23NO/c1-3-14-6-8-15(9-7-14)19(21)17-10-11-18-16(13-17)5-4-12-20(18)2/h6-11,13,19,21H,3-5,12H2,1-2H3. The predicted octanol–water partition coefficient (Wildman–Crippen LogP) is 3.71. The molecule has 0 radical (unpaired) electrons. The van der Waals surface area contributed by atoms with Gasteiger partial charge in [-0.15, -0.1) is 0 Å². The molecule has 2 aromatic carbocycles. The fourth-order valence-corrected chi connectivity index (χ4v) is 3.10. The molecular formula is C19H23NO. The van der Waals surface area contributed by atoms with Gasteiger partial charge >= 0.3 is 0 Å². The van der Waals surface area contributed by atoms with E-state index >= 15 is 0 Å². The van der Waals surface area contributed by atoms with Gasteiger partial charge in [-0.3, -0.25) is 0 Å². The molecule has 0 aliphatic carbocycles. The van der Waals surface area contributed by atoms with Crippen molar-refractivity contribution in [2.75, 3.05) is 18.5 Å². The van der Waals surface area contributed by atoms with E-state index in [0.29, 0.717) is 0 Å². The van der Waals surface area contributed by atoms with Crippen LogP contribution in [-0.2, 0) is 12.8 Å². The van der Waals surface area contributed by atoms with Gasteiger partial charge in [-0.05, 0) is 47.6 Å². The van der Waals surface area contributed by atoms with Gasteiger partial charge in [0.25, 0.3) is 0 Å². The molecule has 0 saturated heterocycles. The minimum atomic E-state index is -0.534. The number of benzene rings is 2. The Balaban J connectivity index is 1.88. The molecule has 3 rings (SSSR count). The fourth-order valence-electron chi connectivity index (χ4n) is 3.10. The number of hydrogen-bond acceptors (Lipinski definition) is 2. The van der Waals surface area contributed by atoms with Crippen molar-refractivity contribution in [2.24, 2.45) is 0 Å². The number of fused-ring (bicyclic) bond motifs is 1. The van der Waals surface area contributed by atoms with Crippen molar-refractivity contribution in [3.05, 3.63) is 64.7 Å². The van der Waals surface area contributed by atoms with Crippen LogP contribution in [-0.4, -0.2) is 18.7 Å². The van der Waals surface area contributed by atoms with Gasteiger partial charge in [0, 0.05) is 19.3 Å². The molecule has 0 saturated carbocycles. The highest BCUT2D eigenvalue weighted by Crippen LogP contribution is 2.31. The van der Waals surface area contributed by atoms with E-state index in [0.717, 1.165) is 30.5 Å². The van der Waals surface area contributed by atoms with Crippen molar-refractivity contribution >= 4 is 5.69 Å². The van der Waals surface area contributed by atoms with E-state index in [9.17, 15) is 5.11 Å². The summed E-state index contributed by atoms with van der Waals surface area (Å²) in [6, 6.07) is 14.6. The van der Waals surface area contributed by atoms with E-state index in [2.05, 4.69) is 49.2 Å². The van der Waals surface area contributed by atoms with Crippen molar-refractivity contribution in [3.63, 3.8) is 0 Å². The third kappa shape index (κ3) is 2.81. The zero-order valence-corrected chi connectivity index (χ0v) is 12.8. The van der Waals surface area contributed by atoms with Crippen molar-refractivity contribution in [3.8, 4) is 0 Å². The maximum Gasteiger partial charge on any atom is 0.104 e. The number of aliphatic hydroxyl groups excluding tert-OH is 1. The average molecular weight is 281 g/mol. The lowest BCUT2D eigenvalue weighted by Gasteiger charge is -2.28. The lowest BCUT2D eigenvalue weighted by Crippen LogP contribution is -2.24. The molecule has 110 valence electrons. The molecule has 1 unspecified atom stereocenters. The van der Waals surface area contributed by atoms with Crippen molar-refractivity contribution in [1.82, 2.24) is 0 Å². The van der Waals surface area contributed by atoms with Crippen LogP contribution in [0, 0.1) is 0 Å². The largest absolute Gasteiger partial charge is 0.384 e. The highest BCUT2D eigenvalue weighted by molar-refractivity contribution is 5.57. The van der Waals surface area contributed by atoms with Crippen molar-refractivity contribution < 1.29 is 5.11 Å². The van der Waals surface area contributed by atoms with Crippen LogP contribution in [0.25, 0.3) is 0 Å². The Kier molecular flexibility index (Phi) is 3.98. The first kappa shape index (κ1) is 14.2. The summed E-state index contributed by atoms with van der Waals surface area (Å²) in [7, 11) is 2.14. The van der Waals surface area contributed by atoms with Crippen LogP contribution in [0.2, 0.25) is 0 Å². The minimum Gasteiger partial charge on any atom is -0.384 e. The van der Waals surface area contributed by atoms with Crippen molar-refractivity contribution in [2.45, 2.75) is 32.3 Å². The maximum absolute atomic E-state index is 10.6. The van der Waals surface area contributed by atoms with E-state index < -0.39 is 6.10 Å². The third-order valence-corrected chi connectivity index (χ3v) is 4.47. The molecule has 21 heavy (non-hydrogen) atoms. The summed E-state index contributed by atoms with van der Waals surface area (Å²) in [5, 5.41) is 10.6. The van der Waals surface area contributed by atoms with Gasteiger partial charge in [0.1, 0.15) is 6.10 Å². The summed E-state index contributed by atoms with van der Waals surface area (Å²) in [4.78, 5) is 2.30. The van der Waals surface area contributed by atoms with E-state index in [1.54, 1.807) is 0 Å².